The molecule has 1 amide bonds. The molecule has 0 bridgehead atoms. The Bertz CT molecular complexity index is 814. The highest BCUT2D eigenvalue weighted by Crippen LogP contribution is 2.43. The van der Waals surface area contributed by atoms with Crippen molar-refractivity contribution >= 4 is 11.9 Å². The fraction of sp³-hybridized carbons (Fsp3) is 0.360. The minimum absolute atomic E-state index is 0.217. The monoisotopic (exact) mass is 393 g/mol. The van der Waals surface area contributed by atoms with E-state index in [4.69, 9.17) is 0 Å². The number of hydrogen-bond acceptors (Lipinski definition) is 2. The van der Waals surface area contributed by atoms with Crippen LogP contribution in [-0.4, -0.2) is 23.5 Å². The van der Waals surface area contributed by atoms with Crippen LogP contribution in [0.5, 0.6) is 0 Å². The topological polar surface area (TPSA) is 66.4 Å². The van der Waals surface area contributed by atoms with Crippen LogP contribution >= 0.6 is 0 Å². The molecule has 4 nitrogen and oxygen atoms in total. The first-order valence-electron chi connectivity index (χ1n) is 10.1. The van der Waals surface area contributed by atoms with Gasteiger partial charge in [0.1, 0.15) is 0 Å². The molecule has 0 spiro atoms. The van der Waals surface area contributed by atoms with E-state index in [2.05, 4.69) is 11.9 Å². The van der Waals surface area contributed by atoms with Crippen molar-refractivity contribution in [2.75, 3.05) is 6.54 Å². The molecule has 0 saturated heterocycles. The first-order valence-corrected chi connectivity index (χ1v) is 10.1. The van der Waals surface area contributed by atoms with E-state index in [-0.39, 0.29) is 11.8 Å². The van der Waals surface area contributed by atoms with Gasteiger partial charge >= 0.3 is 5.97 Å². The highest BCUT2D eigenvalue weighted by molar-refractivity contribution is 5.86. The molecule has 154 valence electrons. The van der Waals surface area contributed by atoms with E-state index in [0.29, 0.717) is 13.0 Å². The molecule has 2 rings (SSSR count). The molecule has 0 saturated carbocycles. The molecule has 0 aliphatic heterocycles. The predicted octanol–water partition coefficient (Wildman–Crippen LogP) is 4.78. The van der Waals surface area contributed by atoms with Gasteiger partial charge < -0.3 is 10.4 Å². The zero-order chi connectivity index (χ0) is 21.4. The summed E-state index contributed by atoms with van der Waals surface area (Å²) >= 11 is 0. The summed E-state index contributed by atoms with van der Waals surface area (Å²) in [6.45, 7) is 9.78. The number of benzene rings is 2. The minimum Gasteiger partial charge on any atom is -0.481 e. The summed E-state index contributed by atoms with van der Waals surface area (Å²) in [7, 11) is 0. The van der Waals surface area contributed by atoms with Crippen molar-refractivity contribution < 1.29 is 14.7 Å². The second-order valence-electron chi connectivity index (χ2n) is 7.89. The third-order valence-electron chi connectivity index (χ3n) is 5.74. The van der Waals surface area contributed by atoms with E-state index in [1.807, 2.05) is 81.4 Å². The number of nitrogens with one attached hydrogen (secondary N) is 1. The summed E-state index contributed by atoms with van der Waals surface area (Å²) in [6, 6.07) is 19.3. The van der Waals surface area contributed by atoms with Gasteiger partial charge in [-0.15, -0.1) is 6.58 Å². The first kappa shape index (κ1) is 22.4. The van der Waals surface area contributed by atoms with Gasteiger partial charge in [0.25, 0.3) is 0 Å². The van der Waals surface area contributed by atoms with Gasteiger partial charge in [0.05, 0.1) is 11.8 Å². The number of amides is 1. The molecule has 0 heterocycles. The first-order chi connectivity index (χ1) is 13.8. The SMILES string of the molecule is C=CCNC(=O)C(C(CC)c1ccccc1)C(C(=O)O)C(C)(C)c1ccccc1. The Hall–Kier alpha value is -2.88. The van der Waals surface area contributed by atoms with Gasteiger partial charge in [0.15, 0.2) is 0 Å². The molecule has 3 unspecified atom stereocenters. The second-order valence-corrected chi connectivity index (χ2v) is 7.89. The molecule has 0 radical (unpaired) electrons. The maximum Gasteiger partial charge on any atom is 0.308 e. The number of carboxylic acids is 1. The van der Waals surface area contributed by atoms with Crippen molar-refractivity contribution in [3.63, 3.8) is 0 Å². The Balaban J connectivity index is 2.60. The van der Waals surface area contributed by atoms with Crippen LogP contribution in [0.2, 0.25) is 0 Å². The lowest BCUT2D eigenvalue weighted by Crippen LogP contribution is -2.48. The minimum atomic E-state index is -0.966. The highest BCUT2D eigenvalue weighted by atomic mass is 16.4. The number of rotatable bonds is 10. The van der Waals surface area contributed by atoms with Gasteiger partial charge in [0.2, 0.25) is 5.91 Å². The molecule has 0 fully saturated rings. The highest BCUT2D eigenvalue weighted by Gasteiger charge is 2.48. The number of aliphatic carboxylic acids is 1. The molecule has 3 atom stereocenters. The quantitative estimate of drug-likeness (QED) is 0.571. The molecule has 0 aliphatic rings. The zero-order valence-corrected chi connectivity index (χ0v) is 17.5. The van der Waals surface area contributed by atoms with Crippen LogP contribution in [0, 0.1) is 11.8 Å². The second kappa shape index (κ2) is 10.1. The maximum atomic E-state index is 13.3. The number of hydrogen-bond donors (Lipinski definition) is 2. The van der Waals surface area contributed by atoms with Crippen molar-refractivity contribution in [3.8, 4) is 0 Å². The lowest BCUT2D eigenvalue weighted by atomic mass is 9.63. The third-order valence-corrected chi connectivity index (χ3v) is 5.74. The fourth-order valence-corrected chi connectivity index (χ4v) is 4.21. The van der Waals surface area contributed by atoms with Crippen molar-refractivity contribution in [3.05, 3.63) is 84.4 Å². The van der Waals surface area contributed by atoms with Crippen LogP contribution in [0.25, 0.3) is 0 Å². The van der Waals surface area contributed by atoms with Crippen LogP contribution in [0.3, 0.4) is 0 Å². The largest absolute Gasteiger partial charge is 0.481 e. The average molecular weight is 394 g/mol. The van der Waals surface area contributed by atoms with Crippen molar-refractivity contribution in [2.24, 2.45) is 11.8 Å². The normalized spacial score (nSPS) is 14.4. The molecule has 2 aromatic carbocycles. The summed E-state index contributed by atoms with van der Waals surface area (Å²) in [5.74, 6) is -3.07. The van der Waals surface area contributed by atoms with E-state index in [1.165, 1.54) is 0 Å². The smallest absolute Gasteiger partial charge is 0.308 e. The van der Waals surface area contributed by atoms with Gasteiger partial charge in [-0.25, -0.2) is 0 Å². The maximum absolute atomic E-state index is 13.3. The predicted molar refractivity (Wildman–Crippen MR) is 117 cm³/mol. The van der Waals surface area contributed by atoms with Crippen molar-refractivity contribution in [1.29, 1.82) is 0 Å². The third kappa shape index (κ3) is 5.14. The molecule has 0 aromatic heterocycles. The van der Waals surface area contributed by atoms with Gasteiger partial charge in [-0.1, -0.05) is 87.5 Å². The number of carboxylic acid groups (broad SMARTS) is 1. The van der Waals surface area contributed by atoms with Gasteiger partial charge in [-0.3, -0.25) is 9.59 Å². The molecule has 2 aromatic rings. The number of carbonyl (C=O) groups excluding carboxylic acids is 1. The van der Waals surface area contributed by atoms with Gasteiger partial charge in [0, 0.05) is 12.0 Å². The summed E-state index contributed by atoms with van der Waals surface area (Å²) < 4.78 is 0. The van der Waals surface area contributed by atoms with E-state index >= 15 is 0 Å². The molecular formula is C25H31NO3. The zero-order valence-electron chi connectivity index (χ0n) is 17.5. The number of carbonyl (C=O) groups is 2. The molecule has 0 aliphatic carbocycles. The van der Waals surface area contributed by atoms with E-state index in [9.17, 15) is 14.7 Å². The average Bonchev–Trinajstić information content (AvgIpc) is 2.72. The van der Waals surface area contributed by atoms with Gasteiger partial charge in [-0.2, -0.15) is 0 Å². The Morgan fingerprint density at radius 3 is 2.10 bits per heavy atom. The Morgan fingerprint density at radius 1 is 1.07 bits per heavy atom. The van der Waals surface area contributed by atoms with Gasteiger partial charge in [-0.05, 0) is 23.5 Å². The molecule has 4 heteroatoms. The van der Waals surface area contributed by atoms with Crippen molar-refractivity contribution in [1.82, 2.24) is 5.32 Å². The van der Waals surface area contributed by atoms with E-state index in [1.54, 1.807) is 6.08 Å². The van der Waals surface area contributed by atoms with E-state index in [0.717, 1.165) is 11.1 Å². The summed E-state index contributed by atoms with van der Waals surface area (Å²) in [5.41, 5.74) is 1.13. The molecule has 2 N–H and O–H groups in total. The fourth-order valence-electron chi connectivity index (χ4n) is 4.21. The molecule has 29 heavy (non-hydrogen) atoms. The molecular weight excluding hydrogens is 362 g/mol. The van der Waals surface area contributed by atoms with Crippen LogP contribution in [0.4, 0.5) is 0 Å². The summed E-state index contributed by atoms with van der Waals surface area (Å²) in [4.78, 5) is 25.9. The Kier molecular flexibility index (Phi) is 7.77. The van der Waals surface area contributed by atoms with E-state index < -0.39 is 23.2 Å². The van der Waals surface area contributed by atoms with Crippen LogP contribution in [-0.2, 0) is 15.0 Å². The lowest BCUT2D eigenvalue weighted by Gasteiger charge is -2.40. The Morgan fingerprint density at radius 2 is 1.62 bits per heavy atom. The summed E-state index contributed by atoms with van der Waals surface area (Å²) in [6.07, 6.45) is 2.27. The van der Waals surface area contributed by atoms with Crippen LogP contribution < -0.4 is 5.32 Å². The summed E-state index contributed by atoms with van der Waals surface area (Å²) in [5, 5.41) is 13.2. The lowest BCUT2D eigenvalue weighted by molar-refractivity contribution is -0.151. The van der Waals surface area contributed by atoms with Crippen LogP contribution in [0.15, 0.2) is 73.3 Å². The standard InChI is InChI=1S/C25H31NO3/c1-5-17-26-23(27)21(20(6-2)18-13-9-7-10-14-18)22(24(28)29)25(3,4)19-15-11-8-12-16-19/h5,7-16,20-22H,1,6,17H2,2-4H3,(H,26,27)(H,28,29). The van der Waals surface area contributed by atoms with Crippen LogP contribution in [0.1, 0.15) is 44.2 Å². The van der Waals surface area contributed by atoms with Crippen molar-refractivity contribution in [2.45, 2.75) is 38.5 Å². The Labute approximate surface area is 173 Å².